The number of nitrogens with zero attached hydrogens (tertiary/aromatic N) is 3. The zero-order chi connectivity index (χ0) is 26.5. The largest absolute Gasteiger partial charge is 0.439 e. The summed E-state index contributed by atoms with van der Waals surface area (Å²) in [4.78, 5) is 10.3. The van der Waals surface area contributed by atoms with Crippen LogP contribution in [0.4, 0.5) is 0 Å². The van der Waals surface area contributed by atoms with Crippen molar-refractivity contribution in [2.75, 3.05) is 0 Å². The van der Waals surface area contributed by atoms with Crippen LogP contribution >= 0.6 is 0 Å². The molecule has 0 fully saturated rings. The predicted molar refractivity (Wildman–Crippen MR) is 161 cm³/mol. The Kier molecular flexibility index (Phi) is 5.10. The van der Waals surface area contributed by atoms with E-state index in [2.05, 4.69) is 89.5 Å². The summed E-state index contributed by atoms with van der Waals surface area (Å²) in [5.74, 6) is 1.55. The van der Waals surface area contributed by atoms with Crippen LogP contribution in [0, 0.1) is 0 Å². The maximum Gasteiger partial charge on any atom is 0.215 e. The molecule has 0 atom stereocenters. The molecule has 0 bridgehead atoms. The molecule has 0 N–H and O–H groups in total. The predicted octanol–water partition coefficient (Wildman–Crippen LogP) is 9.19. The van der Waals surface area contributed by atoms with E-state index in [1.54, 1.807) is 0 Å². The highest BCUT2D eigenvalue weighted by molar-refractivity contribution is 6.04. The second-order valence-corrected chi connectivity index (χ2v) is 9.83. The summed E-state index contributed by atoms with van der Waals surface area (Å²) in [7, 11) is 0. The average Bonchev–Trinajstić information content (AvgIpc) is 3.27. The minimum absolute atomic E-state index is 0.734. The van der Waals surface area contributed by atoms with E-state index in [1.807, 2.05) is 54.7 Å². The molecule has 0 aliphatic carbocycles. The van der Waals surface area contributed by atoms with Gasteiger partial charge in [-0.3, -0.25) is 9.55 Å². The first-order chi connectivity index (χ1) is 19.9. The maximum atomic E-state index is 6.86. The van der Waals surface area contributed by atoms with Crippen molar-refractivity contribution >= 4 is 10.9 Å². The third-order valence-electron chi connectivity index (χ3n) is 7.49. The Balaban J connectivity index is 1.48. The van der Waals surface area contributed by atoms with E-state index in [1.165, 1.54) is 0 Å². The van der Waals surface area contributed by atoms with Gasteiger partial charge in [-0.25, -0.2) is 4.98 Å². The van der Waals surface area contributed by atoms with Gasteiger partial charge in [-0.2, -0.15) is 0 Å². The fraction of sp³-hybridized carbons (Fsp3) is 0. The van der Waals surface area contributed by atoms with Crippen LogP contribution in [-0.2, 0) is 0 Å². The Hall–Kier alpha value is -5.48. The third-order valence-corrected chi connectivity index (χ3v) is 7.49. The van der Waals surface area contributed by atoms with Gasteiger partial charge in [0.1, 0.15) is 11.4 Å². The first-order valence-electron chi connectivity index (χ1n) is 13.4. The molecule has 3 heterocycles. The zero-order valence-electron chi connectivity index (χ0n) is 21.5. The number of aromatic nitrogens is 3. The maximum absolute atomic E-state index is 6.86. The van der Waals surface area contributed by atoms with Crippen LogP contribution in [0.1, 0.15) is 0 Å². The van der Waals surface area contributed by atoms with E-state index < -0.39 is 0 Å². The lowest BCUT2D eigenvalue weighted by atomic mass is 10.0. The van der Waals surface area contributed by atoms with Crippen LogP contribution in [0.2, 0.25) is 0 Å². The first kappa shape index (κ1) is 22.5. The van der Waals surface area contributed by atoms with Crippen LogP contribution in [0.5, 0.6) is 11.6 Å². The van der Waals surface area contributed by atoms with Gasteiger partial charge in [0.05, 0.1) is 34.4 Å². The fourth-order valence-electron chi connectivity index (χ4n) is 5.68. The Bertz CT molecular complexity index is 2030. The van der Waals surface area contributed by atoms with Crippen LogP contribution in [0.25, 0.3) is 61.5 Å². The molecule has 4 heteroatoms. The van der Waals surface area contributed by atoms with Crippen molar-refractivity contribution in [2.24, 2.45) is 0 Å². The normalized spacial score (nSPS) is 11.7. The van der Waals surface area contributed by atoms with Gasteiger partial charge in [-0.1, -0.05) is 115 Å². The molecule has 1 aliphatic rings. The molecule has 7 aromatic rings. The number of ether oxygens (including phenoxy) is 1. The summed E-state index contributed by atoms with van der Waals surface area (Å²) in [5.41, 5.74) is 9.69. The molecule has 0 saturated heterocycles. The highest BCUT2D eigenvalue weighted by Gasteiger charge is 2.29. The lowest BCUT2D eigenvalue weighted by molar-refractivity contribution is 0.462. The van der Waals surface area contributed by atoms with Gasteiger partial charge >= 0.3 is 0 Å². The molecule has 0 spiro atoms. The summed E-state index contributed by atoms with van der Waals surface area (Å²) < 4.78 is 9.08. The molecule has 0 saturated carbocycles. The quantitative estimate of drug-likeness (QED) is 0.236. The Morgan fingerprint density at radius 2 is 1.20 bits per heavy atom. The molecule has 4 nitrogen and oxygen atoms in total. The van der Waals surface area contributed by atoms with Crippen LogP contribution in [0.15, 0.2) is 140 Å². The molecular formula is C36H23N3O. The number of rotatable bonds is 3. The summed E-state index contributed by atoms with van der Waals surface area (Å²) in [6.45, 7) is 0. The SMILES string of the molecule is c1ccc(-c2cnc(-c3c4n(c5ccccc35)-c3ccccc3-c3ccccc3O4)c(-c3ccccc3)n2)cc1. The van der Waals surface area contributed by atoms with Crippen molar-refractivity contribution < 1.29 is 4.74 Å². The highest BCUT2D eigenvalue weighted by atomic mass is 16.5. The summed E-state index contributed by atoms with van der Waals surface area (Å²) in [6.07, 6.45) is 1.87. The first-order valence-corrected chi connectivity index (χ1v) is 13.4. The van der Waals surface area contributed by atoms with Crippen molar-refractivity contribution in [3.63, 3.8) is 0 Å². The molecule has 5 aromatic carbocycles. The van der Waals surface area contributed by atoms with Crippen LogP contribution in [0.3, 0.4) is 0 Å². The van der Waals surface area contributed by atoms with Crippen molar-refractivity contribution in [1.29, 1.82) is 0 Å². The lowest BCUT2D eigenvalue weighted by Crippen LogP contribution is -1.99. The minimum Gasteiger partial charge on any atom is -0.439 e. The van der Waals surface area contributed by atoms with Gasteiger partial charge in [0.15, 0.2) is 0 Å². The smallest absolute Gasteiger partial charge is 0.215 e. The average molecular weight is 514 g/mol. The standard InChI is InChI=1S/C36H23N3O/c1-3-13-24(14-4-1)29-23-37-35(34(38-29)25-15-5-2-6-16-25)33-28-19-8-11-21-31(28)39-30-20-10-7-17-26(30)27-18-9-12-22-32(27)40-36(33)39/h1-23H. The number of hydrogen-bond donors (Lipinski definition) is 0. The van der Waals surface area contributed by atoms with Crippen LogP contribution < -0.4 is 4.74 Å². The summed E-state index contributed by atoms with van der Waals surface area (Å²) in [6, 6.07) is 45.6. The number of hydrogen-bond acceptors (Lipinski definition) is 3. The highest BCUT2D eigenvalue weighted by Crippen LogP contribution is 2.50. The molecule has 0 amide bonds. The fourth-order valence-corrected chi connectivity index (χ4v) is 5.68. The molecule has 1 aliphatic heterocycles. The van der Waals surface area contributed by atoms with E-state index in [4.69, 9.17) is 14.7 Å². The molecule has 40 heavy (non-hydrogen) atoms. The Labute approximate surface area is 231 Å². The van der Waals surface area contributed by atoms with Crippen molar-refractivity contribution in [3.8, 4) is 62.2 Å². The summed E-state index contributed by atoms with van der Waals surface area (Å²) in [5, 5.41) is 1.06. The van der Waals surface area contributed by atoms with E-state index in [0.717, 1.165) is 73.1 Å². The van der Waals surface area contributed by atoms with Gasteiger partial charge < -0.3 is 4.74 Å². The van der Waals surface area contributed by atoms with Crippen LogP contribution in [-0.4, -0.2) is 14.5 Å². The monoisotopic (exact) mass is 513 g/mol. The second-order valence-electron chi connectivity index (χ2n) is 9.83. The molecule has 0 unspecified atom stereocenters. The number of para-hydroxylation sites is 3. The minimum atomic E-state index is 0.734. The molecule has 8 rings (SSSR count). The Morgan fingerprint density at radius 3 is 2.02 bits per heavy atom. The third kappa shape index (κ3) is 3.47. The van der Waals surface area contributed by atoms with Crippen molar-refractivity contribution in [3.05, 3.63) is 140 Å². The molecular weight excluding hydrogens is 490 g/mol. The van der Waals surface area contributed by atoms with E-state index in [0.29, 0.717) is 0 Å². The molecule has 2 aromatic heterocycles. The van der Waals surface area contributed by atoms with E-state index in [-0.39, 0.29) is 0 Å². The topological polar surface area (TPSA) is 39.9 Å². The van der Waals surface area contributed by atoms with Gasteiger partial charge in [0.25, 0.3) is 0 Å². The van der Waals surface area contributed by atoms with E-state index >= 15 is 0 Å². The molecule has 0 radical (unpaired) electrons. The second kappa shape index (κ2) is 9.07. The summed E-state index contributed by atoms with van der Waals surface area (Å²) >= 11 is 0. The zero-order valence-corrected chi connectivity index (χ0v) is 21.5. The number of benzene rings is 5. The van der Waals surface area contributed by atoms with Gasteiger partial charge in [0.2, 0.25) is 5.88 Å². The van der Waals surface area contributed by atoms with Crippen molar-refractivity contribution in [2.45, 2.75) is 0 Å². The van der Waals surface area contributed by atoms with Gasteiger partial charge in [-0.05, 0) is 18.2 Å². The molecule has 188 valence electrons. The van der Waals surface area contributed by atoms with Gasteiger partial charge in [0, 0.05) is 27.6 Å². The number of fused-ring (bicyclic) bond motifs is 7. The van der Waals surface area contributed by atoms with Gasteiger partial charge in [-0.15, -0.1) is 0 Å². The Morgan fingerprint density at radius 1 is 0.550 bits per heavy atom. The van der Waals surface area contributed by atoms with Crippen molar-refractivity contribution in [1.82, 2.24) is 14.5 Å². The lowest BCUT2D eigenvalue weighted by Gasteiger charge is -2.14. The van der Waals surface area contributed by atoms with E-state index in [9.17, 15) is 0 Å².